The minimum absolute atomic E-state index is 0.0688. The van der Waals surface area contributed by atoms with E-state index < -0.39 is 17.9 Å². The minimum atomic E-state index is -0.729. The van der Waals surface area contributed by atoms with Crippen molar-refractivity contribution in [3.63, 3.8) is 0 Å². The van der Waals surface area contributed by atoms with E-state index in [1.807, 2.05) is 20.8 Å². The molecule has 0 unspecified atom stereocenters. The van der Waals surface area contributed by atoms with E-state index in [0.29, 0.717) is 0 Å². The van der Waals surface area contributed by atoms with E-state index in [4.69, 9.17) is 4.74 Å². The maximum atomic E-state index is 11.8. The second-order valence-corrected chi connectivity index (χ2v) is 4.96. The van der Waals surface area contributed by atoms with Crippen molar-refractivity contribution >= 4 is 17.7 Å². The van der Waals surface area contributed by atoms with Crippen molar-refractivity contribution in [3.8, 4) is 0 Å². The van der Waals surface area contributed by atoms with Gasteiger partial charge in [-0.15, -0.1) is 0 Å². The average molecular weight is 242 g/mol. The predicted octanol–water partition coefficient (Wildman–Crippen LogP) is 0.322. The van der Waals surface area contributed by atoms with Crippen LogP contribution in [0.1, 0.15) is 20.8 Å². The molecule has 2 atom stereocenters. The molecule has 0 radical (unpaired) electrons. The van der Waals surface area contributed by atoms with E-state index in [9.17, 15) is 9.59 Å². The summed E-state index contributed by atoms with van der Waals surface area (Å²) in [5.74, 6) is -1.83. The van der Waals surface area contributed by atoms with Gasteiger partial charge in [-0.1, -0.05) is 20.8 Å². The second kappa shape index (κ2) is 4.73. The maximum absolute atomic E-state index is 11.8. The van der Waals surface area contributed by atoms with Crippen LogP contribution in [0, 0.1) is 11.3 Å². The number of carbonyl (C=O) groups is 2. The molecule has 6 heteroatoms. The molecule has 0 aromatic heterocycles. The van der Waals surface area contributed by atoms with Crippen LogP contribution >= 0.6 is 0 Å². The van der Waals surface area contributed by atoms with Crippen molar-refractivity contribution in [2.24, 2.45) is 16.4 Å². The van der Waals surface area contributed by atoms with Crippen molar-refractivity contribution in [2.45, 2.75) is 26.8 Å². The highest BCUT2D eigenvalue weighted by Gasteiger charge is 2.47. The number of carbonyl (C=O) groups excluding carboxylic acids is 2. The monoisotopic (exact) mass is 242 g/mol. The van der Waals surface area contributed by atoms with E-state index in [1.54, 1.807) is 0 Å². The van der Waals surface area contributed by atoms with Gasteiger partial charge in [-0.2, -0.15) is 5.10 Å². The molecule has 0 amide bonds. The summed E-state index contributed by atoms with van der Waals surface area (Å²) >= 11 is 0. The lowest BCUT2D eigenvalue weighted by Gasteiger charge is -2.30. The molecular formula is C11H18N2O4. The van der Waals surface area contributed by atoms with E-state index in [2.05, 4.69) is 15.3 Å². The van der Waals surface area contributed by atoms with Gasteiger partial charge >= 0.3 is 11.9 Å². The average Bonchev–Trinajstić information content (AvgIpc) is 2.70. The molecule has 0 spiro atoms. The van der Waals surface area contributed by atoms with Gasteiger partial charge in [0.15, 0.2) is 5.71 Å². The standard InChI is InChI=1S/C11H18N2O4/c1-11(2,3)8-6(9(14)16-4)7(12-13-8)10(15)17-5/h6,8,13H,1-5H3/t6-,8-/m0/s1. The van der Waals surface area contributed by atoms with Gasteiger partial charge in [0.1, 0.15) is 5.92 Å². The van der Waals surface area contributed by atoms with Crippen LogP contribution < -0.4 is 5.43 Å². The molecule has 0 bridgehead atoms. The van der Waals surface area contributed by atoms with Crippen molar-refractivity contribution in [1.29, 1.82) is 0 Å². The third-order valence-electron chi connectivity index (χ3n) is 2.73. The molecule has 1 aliphatic heterocycles. The van der Waals surface area contributed by atoms with Gasteiger partial charge in [-0.3, -0.25) is 4.79 Å². The summed E-state index contributed by atoms with van der Waals surface area (Å²) in [7, 11) is 2.54. The quantitative estimate of drug-likeness (QED) is 0.706. The van der Waals surface area contributed by atoms with E-state index in [1.165, 1.54) is 14.2 Å². The zero-order valence-electron chi connectivity index (χ0n) is 10.7. The van der Waals surface area contributed by atoms with Gasteiger partial charge in [0, 0.05) is 0 Å². The fraction of sp³-hybridized carbons (Fsp3) is 0.727. The lowest BCUT2D eigenvalue weighted by Crippen LogP contribution is -2.46. The normalized spacial score (nSPS) is 23.7. The van der Waals surface area contributed by atoms with Crippen LogP contribution in [0.4, 0.5) is 0 Å². The molecule has 0 fully saturated rings. The molecule has 17 heavy (non-hydrogen) atoms. The number of nitrogens with one attached hydrogen (secondary N) is 1. The van der Waals surface area contributed by atoms with E-state index >= 15 is 0 Å². The number of hydrogen-bond donors (Lipinski definition) is 1. The first-order valence-corrected chi connectivity index (χ1v) is 5.32. The fourth-order valence-corrected chi connectivity index (χ4v) is 1.79. The third kappa shape index (κ3) is 2.57. The summed E-state index contributed by atoms with van der Waals surface area (Å²) in [6, 6.07) is -0.288. The summed E-state index contributed by atoms with van der Waals surface area (Å²) in [6.07, 6.45) is 0. The number of nitrogens with zero attached hydrogens (tertiary/aromatic N) is 1. The molecule has 0 aromatic carbocycles. The van der Waals surface area contributed by atoms with Gasteiger partial charge in [0.25, 0.3) is 0 Å². The highest BCUT2D eigenvalue weighted by molar-refractivity contribution is 6.41. The topological polar surface area (TPSA) is 77.0 Å². The first-order chi connectivity index (χ1) is 7.82. The Morgan fingerprint density at radius 2 is 1.82 bits per heavy atom. The van der Waals surface area contributed by atoms with Crippen LogP contribution in [0.3, 0.4) is 0 Å². The maximum Gasteiger partial charge on any atom is 0.355 e. The van der Waals surface area contributed by atoms with Crippen molar-refractivity contribution in [1.82, 2.24) is 5.43 Å². The molecule has 1 N–H and O–H groups in total. The number of rotatable bonds is 2. The Kier molecular flexibility index (Phi) is 3.75. The Labute approximate surface area is 100 Å². The Hall–Kier alpha value is -1.59. The van der Waals surface area contributed by atoms with Crippen molar-refractivity contribution in [3.05, 3.63) is 0 Å². The van der Waals surface area contributed by atoms with Crippen LogP contribution in [0.5, 0.6) is 0 Å². The van der Waals surface area contributed by atoms with Gasteiger partial charge < -0.3 is 14.9 Å². The van der Waals surface area contributed by atoms with Crippen molar-refractivity contribution in [2.75, 3.05) is 14.2 Å². The number of methoxy groups -OCH3 is 2. The zero-order chi connectivity index (χ0) is 13.2. The first kappa shape index (κ1) is 13.5. The Morgan fingerprint density at radius 1 is 1.24 bits per heavy atom. The molecule has 0 aromatic rings. The van der Waals surface area contributed by atoms with Crippen LogP contribution in [-0.4, -0.2) is 37.9 Å². The largest absolute Gasteiger partial charge is 0.468 e. The number of hydrogen-bond acceptors (Lipinski definition) is 6. The molecule has 0 aliphatic carbocycles. The Bertz CT molecular complexity index is 357. The molecule has 1 rings (SSSR count). The van der Waals surface area contributed by atoms with Crippen LogP contribution in [-0.2, 0) is 19.1 Å². The van der Waals surface area contributed by atoms with Crippen LogP contribution in [0.2, 0.25) is 0 Å². The van der Waals surface area contributed by atoms with Crippen LogP contribution in [0.25, 0.3) is 0 Å². The number of hydrazone groups is 1. The van der Waals surface area contributed by atoms with Gasteiger partial charge in [-0.25, -0.2) is 4.79 Å². The lowest BCUT2D eigenvalue weighted by molar-refractivity contribution is -0.145. The second-order valence-electron chi connectivity index (χ2n) is 4.96. The Balaban J connectivity index is 3.03. The predicted molar refractivity (Wildman–Crippen MR) is 61.3 cm³/mol. The van der Waals surface area contributed by atoms with Crippen LogP contribution in [0.15, 0.2) is 5.10 Å². The third-order valence-corrected chi connectivity index (χ3v) is 2.73. The smallest absolute Gasteiger partial charge is 0.355 e. The molecule has 0 saturated heterocycles. The lowest BCUT2D eigenvalue weighted by atomic mass is 9.78. The van der Waals surface area contributed by atoms with E-state index in [0.717, 1.165) is 0 Å². The summed E-state index contributed by atoms with van der Waals surface area (Å²) in [4.78, 5) is 23.3. The fourth-order valence-electron chi connectivity index (χ4n) is 1.79. The SMILES string of the molecule is COC(=O)C1=NN[C@H](C(C)(C)C)[C@H]1C(=O)OC. The highest BCUT2D eigenvalue weighted by atomic mass is 16.5. The molecule has 6 nitrogen and oxygen atoms in total. The summed E-state index contributed by atoms with van der Waals surface area (Å²) < 4.78 is 9.32. The van der Waals surface area contributed by atoms with Crippen molar-refractivity contribution < 1.29 is 19.1 Å². The summed E-state index contributed by atoms with van der Waals surface area (Å²) in [5.41, 5.74) is 2.64. The molecule has 1 aliphatic rings. The van der Waals surface area contributed by atoms with E-state index in [-0.39, 0.29) is 17.2 Å². The highest BCUT2D eigenvalue weighted by Crippen LogP contribution is 2.30. The molecule has 1 heterocycles. The van der Waals surface area contributed by atoms with Gasteiger partial charge in [0.05, 0.1) is 20.3 Å². The summed E-state index contributed by atoms with van der Waals surface area (Å²) in [6.45, 7) is 5.86. The molecule has 96 valence electrons. The Morgan fingerprint density at radius 3 is 2.24 bits per heavy atom. The summed E-state index contributed by atoms with van der Waals surface area (Å²) in [5, 5.41) is 3.90. The molecule has 0 saturated carbocycles. The van der Waals surface area contributed by atoms with Gasteiger partial charge in [0.2, 0.25) is 0 Å². The minimum Gasteiger partial charge on any atom is -0.468 e. The number of ether oxygens (including phenoxy) is 2. The van der Waals surface area contributed by atoms with Gasteiger partial charge in [-0.05, 0) is 5.41 Å². The molecular weight excluding hydrogens is 224 g/mol. The first-order valence-electron chi connectivity index (χ1n) is 5.32. The number of esters is 2. The zero-order valence-corrected chi connectivity index (χ0v) is 10.7.